The Morgan fingerprint density at radius 3 is 2.21 bits per heavy atom. The normalized spacial score (nSPS) is 13.4. The van der Waals surface area contributed by atoms with Gasteiger partial charge in [-0.15, -0.1) is 0 Å². The van der Waals surface area contributed by atoms with E-state index in [4.69, 9.17) is 9.84 Å². The summed E-state index contributed by atoms with van der Waals surface area (Å²) >= 11 is 0. The molecule has 0 bridgehead atoms. The van der Waals surface area contributed by atoms with Gasteiger partial charge in [0.2, 0.25) is 0 Å². The van der Waals surface area contributed by atoms with E-state index < -0.39 is 11.6 Å². The highest BCUT2D eigenvalue weighted by molar-refractivity contribution is 5.73. The van der Waals surface area contributed by atoms with Gasteiger partial charge in [-0.25, -0.2) is 0 Å². The first-order chi connectivity index (χ1) is 6.22. The second kappa shape index (κ2) is 4.98. The standard InChI is InChI=1S/C10H18O4/c1-7(5-6-8(11)12)9(13)14-10(2,3)4/h7H,5-6H2,1-4H3,(H,11,12)/t7-/m0/s1. The van der Waals surface area contributed by atoms with Crippen molar-refractivity contribution >= 4 is 11.9 Å². The van der Waals surface area contributed by atoms with E-state index in [9.17, 15) is 9.59 Å². The van der Waals surface area contributed by atoms with Gasteiger partial charge in [0.15, 0.2) is 0 Å². The molecule has 0 amide bonds. The minimum absolute atomic E-state index is 0.000406. The second-order valence-electron chi connectivity index (χ2n) is 4.37. The highest BCUT2D eigenvalue weighted by Gasteiger charge is 2.21. The quantitative estimate of drug-likeness (QED) is 0.706. The minimum atomic E-state index is -0.889. The van der Waals surface area contributed by atoms with Gasteiger partial charge in [0.25, 0.3) is 0 Å². The largest absolute Gasteiger partial charge is 0.481 e. The Kier molecular flexibility index (Phi) is 4.60. The van der Waals surface area contributed by atoms with Gasteiger partial charge in [0.1, 0.15) is 5.60 Å². The van der Waals surface area contributed by atoms with Crippen LogP contribution in [0.25, 0.3) is 0 Å². The Morgan fingerprint density at radius 2 is 1.86 bits per heavy atom. The van der Waals surface area contributed by atoms with Crippen molar-refractivity contribution in [3.63, 3.8) is 0 Å². The van der Waals surface area contributed by atoms with Gasteiger partial charge >= 0.3 is 11.9 Å². The third-order valence-corrected chi connectivity index (χ3v) is 1.60. The van der Waals surface area contributed by atoms with Crippen molar-refractivity contribution in [2.45, 2.75) is 46.1 Å². The summed E-state index contributed by atoms with van der Waals surface area (Å²) in [6, 6.07) is 0. The lowest BCUT2D eigenvalue weighted by molar-refractivity contribution is -0.159. The van der Waals surface area contributed by atoms with Gasteiger partial charge < -0.3 is 9.84 Å². The minimum Gasteiger partial charge on any atom is -0.481 e. The number of hydrogen-bond donors (Lipinski definition) is 1. The van der Waals surface area contributed by atoms with Gasteiger partial charge in [0.05, 0.1) is 5.92 Å². The Labute approximate surface area is 84.3 Å². The van der Waals surface area contributed by atoms with Gasteiger partial charge in [-0.1, -0.05) is 6.92 Å². The zero-order chi connectivity index (χ0) is 11.4. The first kappa shape index (κ1) is 12.9. The molecule has 0 rings (SSSR count). The molecule has 4 nitrogen and oxygen atoms in total. The maximum atomic E-state index is 11.4. The van der Waals surface area contributed by atoms with E-state index in [-0.39, 0.29) is 18.3 Å². The highest BCUT2D eigenvalue weighted by atomic mass is 16.6. The Hall–Kier alpha value is -1.06. The lowest BCUT2D eigenvalue weighted by atomic mass is 10.1. The fourth-order valence-electron chi connectivity index (χ4n) is 0.860. The van der Waals surface area contributed by atoms with Crippen LogP contribution in [0, 0.1) is 5.92 Å². The highest BCUT2D eigenvalue weighted by Crippen LogP contribution is 2.14. The van der Waals surface area contributed by atoms with Gasteiger partial charge in [-0.2, -0.15) is 0 Å². The number of aliphatic carboxylic acids is 1. The molecule has 1 atom stereocenters. The molecule has 0 aliphatic rings. The Balaban J connectivity index is 3.94. The van der Waals surface area contributed by atoms with E-state index in [0.29, 0.717) is 6.42 Å². The maximum Gasteiger partial charge on any atom is 0.309 e. The molecular formula is C10H18O4. The monoisotopic (exact) mass is 202 g/mol. The zero-order valence-electron chi connectivity index (χ0n) is 9.16. The fourth-order valence-corrected chi connectivity index (χ4v) is 0.860. The third-order valence-electron chi connectivity index (χ3n) is 1.60. The molecule has 0 unspecified atom stereocenters. The first-order valence-corrected chi connectivity index (χ1v) is 4.67. The molecule has 0 aliphatic heterocycles. The van der Waals surface area contributed by atoms with E-state index in [2.05, 4.69) is 0 Å². The van der Waals surface area contributed by atoms with Crippen molar-refractivity contribution in [3.8, 4) is 0 Å². The smallest absolute Gasteiger partial charge is 0.309 e. The molecule has 0 aromatic rings. The summed E-state index contributed by atoms with van der Waals surface area (Å²) in [4.78, 5) is 21.6. The second-order valence-corrected chi connectivity index (χ2v) is 4.37. The topological polar surface area (TPSA) is 63.6 Å². The van der Waals surface area contributed by atoms with Gasteiger partial charge in [-0.3, -0.25) is 9.59 Å². The summed E-state index contributed by atoms with van der Waals surface area (Å²) in [6.07, 6.45) is 0.324. The molecule has 0 radical (unpaired) electrons. The number of carbonyl (C=O) groups excluding carboxylic acids is 1. The van der Waals surface area contributed by atoms with Crippen LogP contribution in [0.1, 0.15) is 40.5 Å². The van der Waals surface area contributed by atoms with E-state index in [1.165, 1.54) is 0 Å². The van der Waals surface area contributed by atoms with E-state index in [1.807, 2.05) is 0 Å². The van der Waals surface area contributed by atoms with Crippen molar-refractivity contribution in [3.05, 3.63) is 0 Å². The number of hydrogen-bond acceptors (Lipinski definition) is 3. The summed E-state index contributed by atoms with van der Waals surface area (Å²) in [7, 11) is 0. The van der Waals surface area contributed by atoms with Crippen LogP contribution in [0.2, 0.25) is 0 Å². The van der Waals surface area contributed by atoms with E-state index in [0.717, 1.165) is 0 Å². The number of carboxylic acids is 1. The van der Waals surface area contributed by atoms with E-state index >= 15 is 0 Å². The van der Waals surface area contributed by atoms with Crippen LogP contribution in [0.4, 0.5) is 0 Å². The average molecular weight is 202 g/mol. The molecule has 0 aromatic heterocycles. The number of ether oxygens (including phenoxy) is 1. The molecule has 1 N–H and O–H groups in total. The lowest BCUT2D eigenvalue weighted by Crippen LogP contribution is -2.27. The fraction of sp³-hybridized carbons (Fsp3) is 0.800. The molecule has 82 valence electrons. The molecule has 4 heteroatoms. The number of carboxylic acid groups (broad SMARTS) is 1. The van der Waals surface area contributed by atoms with Crippen molar-refractivity contribution in [1.29, 1.82) is 0 Å². The van der Waals surface area contributed by atoms with Crippen molar-refractivity contribution in [2.24, 2.45) is 5.92 Å². The first-order valence-electron chi connectivity index (χ1n) is 4.67. The van der Waals surface area contributed by atoms with E-state index in [1.54, 1.807) is 27.7 Å². The molecule has 0 heterocycles. The van der Waals surface area contributed by atoms with Crippen LogP contribution in [0.5, 0.6) is 0 Å². The molecule has 0 aliphatic carbocycles. The van der Waals surface area contributed by atoms with Crippen LogP contribution in [0.3, 0.4) is 0 Å². The van der Waals surface area contributed by atoms with Crippen LogP contribution < -0.4 is 0 Å². The molecule has 0 saturated heterocycles. The molecule has 14 heavy (non-hydrogen) atoms. The Bertz CT molecular complexity index is 215. The molecular weight excluding hydrogens is 184 g/mol. The molecule has 0 saturated carbocycles. The van der Waals surface area contributed by atoms with Crippen LogP contribution >= 0.6 is 0 Å². The number of carbonyl (C=O) groups is 2. The summed E-state index contributed by atoms with van der Waals surface area (Å²) in [5.41, 5.74) is -0.505. The van der Waals surface area contributed by atoms with Crippen LogP contribution in [-0.2, 0) is 14.3 Å². The summed E-state index contributed by atoms with van der Waals surface area (Å²) in [5, 5.41) is 8.42. The van der Waals surface area contributed by atoms with Gasteiger partial charge in [0, 0.05) is 6.42 Å². The summed E-state index contributed by atoms with van der Waals surface area (Å²) < 4.78 is 5.10. The van der Waals surface area contributed by atoms with Crippen LogP contribution in [0.15, 0.2) is 0 Å². The van der Waals surface area contributed by atoms with Crippen molar-refractivity contribution in [1.82, 2.24) is 0 Å². The third kappa shape index (κ3) is 6.46. The van der Waals surface area contributed by atoms with Crippen LogP contribution in [-0.4, -0.2) is 22.6 Å². The SMILES string of the molecule is C[C@@H](CCC(=O)O)C(=O)OC(C)(C)C. The van der Waals surface area contributed by atoms with Crippen molar-refractivity contribution in [2.75, 3.05) is 0 Å². The maximum absolute atomic E-state index is 11.4. The molecule has 0 spiro atoms. The van der Waals surface area contributed by atoms with Crippen molar-refractivity contribution < 1.29 is 19.4 Å². The summed E-state index contributed by atoms with van der Waals surface area (Å²) in [6.45, 7) is 7.04. The predicted molar refractivity (Wildman–Crippen MR) is 51.9 cm³/mol. The summed E-state index contributed by atoms with van der Waals surface area (Å²) in [5.74, 6) is -1.58. The molecule has 0 fully saturated rings. The Morgan fingerprint density at radius 1 is 1.36 bits per heavy atom. The number of esters is 1. The molecule has 0 aromatic carbocycles. The predicted octanol–water partition coefficient (Wildman–Crippen LogP) is 1.83. The van der Waals surface area contributed by atoms with Gasteiger partial charge in [-0.05, 0) is 27.2 Å². The zero-order valence-corrected chi connectivity index (χ0v) is 9.16. The lowest BCUT2D eigenvalue weighted by Gasteiger charge is -2.21. The average Bonchev–Trinajstić information content (AvgIpc) is 1.96. The number of rotatable bonds is 4.